The van der Waals surface area contributed by atoms with E-state index >= 15 is 0 Å². The van der Waals surface area contributed by atoms with E-state index < -0.39 is 11.9 Å². The first-order valence-corrected chi connectivity index (χ1v) is 7.73. The summed E-state index contributed by atoms with van der Waals surface area (Å²) in [5, 5.41) is 0. The molecule has 0 aliphatic carbocycles. The van der Waals surface area contributed by atoms with Gasteiger partial charge in [0.2, 0.25) is 5.91 Å². The summed E-state index contributed by atoms with van der Waals surface area (Å²) in [7, 11) is 0. The van der Waals surface area contributed by atoms with Gasteiger partial charge in [-0.25, -0.2) is 0 Å². The van der Waals surface area contributed by atoms with Crippen LogP contribution in [-0.2, 0) is 9.59 Å². The van der Waals surface area contributed by atoms with Crippen LogP contribution in [0.1, 0.15) is 23.7 Å². The van der Waals surface area contributed by atoms with Gasteiger partial charge in [-0.15, -0.1) is 0 Å². The molecule has 0 N–H and O–H groups in total. The maximum absolute atomic E-state index is 12.4. The monoisotopic (exact) mass is 323 g/mol. The van der Waals surface area contributed by atoms with Crippen LogP contribution in [0.2, 0.25) is 0 Å². The van der Waals surface area contributed by atoms with Gasteiger partial charge >= 0.3 is 5.97 Å². The Bertz CT molecular complexity index is 785. The van der Waals surface area contributed by atoms with Crippen LogP contribution in [0.15, 0.2) is 54.6 Å². The summed E-state index contributed by atoms with van der Waals surface area (Å²) < 4.78 is 5.38. The molecule has 0 aromatic heterocycles. The topological polar surface area (TPSA) is 63.7 Å². The first kappa shape index (κ1) is 15.9. The molecule has 1 amide bonds. The summed E-state index contributed by atoms with van der Waals surface area (Å²) in [5.41, 5.74) is 1.12. The number of hydrogen-bond acceptors (Lipinski definition) is 4. The lowest BCUT2D eigenvalue weighted by atomic mass is 10.1. The summed E-state index contributed by atoms with van der Waals surface area (Å²) >= 11 is 0. The highest BCUT2D eigenvalue weighted by Crippen LogP contribution is 2.27. The molecule has 0 spiro atoms. The summed E-state index contributed by atoms with van der Waals surface area (Å²) in [6.07, 6.45) is 0.107. The van der Waals surface area contributed by atoms with Crippen LogP contribution in [0.4, 0.5) is 5.69 Å². The number of rotatable bonds is 4. The molecule has 0 radical (unpaired) electrons. The molecule has 1 heterocycles. The number of esters is 1. The molecule has 5 heteroatoms. The van der Waals surface area contributed by atoms with Crippen molar-refractivity contribution >= 4 is 23.3 Å². The zero-order chi connectivity index (χ0) is 17.1. The molecular weight excluding hydrogens is 306 g/mol. The molecule has 2 aromatic rings. The van der Waals surface area contributed by atoms with Gasteiger partial charge in [-0.3, -0.25) is 14.4 Å². The molecule has 5 nitrogen and oxygen atoms in total. The number of carbonyl (C=O) groups excluding carboxylic acids is 3. The second-order valence-corrected chi connectivity index (χ2v) is 5.71. The predicted octanol–water partition coefficient (Wildman–Crippen LogP) is 2.85. The van der Waals surface area contributed by atoms with Gasteiger partial charge in [0.05, 0.1) is 11.5 Å². The normalized spacial score (nSPS) is 17.0. The molecule has 0 bridgehead atoms. The Morgan fingerprint density at radius 2 is 1.71 bits per heavy atom. The third-order valence-corrected chi connectivity index (χ3v) is 4.00. The molecule has 122 valence electrons. The van der Waals surface area contributed by atoms with E-state index in [4.69, 9.17) is 4.74 Å². The number of amides is 1. The summed E-state index contributed by atoms with van der Waals surface area (Å²) in [6.45, 7) is 1.70. The van der Waals surface area contributed by atoms with Gasteiger partial charge < -0.3 is 9.64 Å². The van der Waals surface area contributed by atoms with E-state index in [0.29, 0.717) is 5.56 Å². The Morgan fingerprint density at radius 3 is 2.42 bits per heavy atom. The van der Waals surface area contributed by atoms with Gasteiger partial charge in [0.1, 0.15) is 5.75 Å². The van der Waals surface area contributed by atoms with Crippen molar-refractivity contribution in [3.8, 4) is 5.75 Å². The predicted molar refractivity (Wildman–Crippen MR) is 89.0 cm³/mol. The first-order valence-electron chi connectivity index (χ1n) is 7.73. The highest BCUT2D eigenvalue weighted by molar-refractivity contribution is 6.00. The Hall–Kier alpha value is -2.95. The summed E-state index contributed by atoms with van der Waals surface area (Å²) in [5.74, 6) is -1.08. The molecule has 3 rings (SSSR count). The average molecular weight is 323 g/mol. The van der Waals surface area contributed by atoms with Gasteiger partial charge in [0, 0.05) is 18.7 Å². The number of Topliss-reactive ketones (excluding diaryl/α,β-unsaturated/α-hetero) is 1. The lowest BCUT2D eigenvalue weighted by molar-refractivity contribution is -0.139. The maximum atomic E-state index is 12.4. The second-order valence-electron chi connectivity index (χ2n) is 5.71. The van der Waals surface area contributed by atoms with Crippen LogP contribution in [0, 0.1) is 5.92 Å². The van der Waals surface area contributed by atoms with Crippen molar-refractivity contribution in [2.75, 3.05) is 11.4 Å². The first-order chi connectivity index (χ1) is 11.6. The van der Waals surface area contributed by atoms with E-state index in [-0.39, 0.29) is 30.4 Å². The number of carbonyl (C=O) groups is 3. The fourth-order valence-electron chi connectivity index (χ4n) is 2.76. The zero-order valence-corrected chi connectivity index (χ0v) is 13.3. The molecule has 2 aromatic carbocycles. The van der Waals surface area contributed by atoms with Crippen LogP contribution in [-0.4, -0.2) is 24.2 Å². The number of anilines is 1. The Labute approximate surface area is 139 Å². The van der Waals surface area contributed by atoms with E-state index in [1.807, 2.05) is 30.3 Å². The van der Waals surface area contributed by atoms with Crippen molar-refractivity contribution in [2.24, 2.45) is 5.92 Å². The van der Waals surface area contributed by atoms with Crippen molar-refractivity contribution in [3.63, 3.8) is 0 Å². The highest BCUT2D eigenvalue weighted by atomic mass is 16.5. The van der Waals surface area contributed by atoms with Crippen molar-refractivity contribution in [3.05, 3.63) is 60.2 Å². The van der Waals surface area contributed by atoms with Crippen molar-refractivity contribution in [1.82, 2.24) is 0 Å². The maximum Gasteiger partial charge on any atom is 0.316 e. The van der Waals surface area contributed by atoms with Crippen molar-refractivity contribution in [2.45, 2.75) is 13.3 Å². The highest BCUT2D eigenvalue weighted by Gasteiger charge is 2.36. The SMILES string of the molecule is CC(=O)c1ccccc1OC(=O)[C@H]1CC(=O)N(c2ccccc2)C1. The molecule has 1 aliphatic heterocycles. The van der Waals surface area contributed by atoms with E-state index in [9.17, 15) is 14.4 Å². The number of ketones is 1. The zero-order valence-electron chi connectivity index (χ0n) is 13.3. The summed E-state index contributed by atoms with van der Waals surface area (Å²) in [4.78, 5) is 37.8. The number of nitrogens with zero attached hydrogens (tertiary/aromatic N) is 1. The van der Waals surface area contributed by atoms with Gasteiger partial charge in [0.15, 0.2) is 5.78 Å². The number of ether oxygens (including phenoxy) is 1. The molecule has 0 unspecified atom stereocenters. The van der Waals surface area contributed by atoms with E-state index in [2.05, 4.69) is 0 Å². The minimum Gasteiger partial charge on any atom is -0.425 e. The van der Waals surface area contributed by atoms with Crippen LogP contribution in [0.3, 0.4) is 0 Å². The number of hydrogen-bond donors (Lipinski definition) is 0. The third-order valence-electron chi connectivity index (χ3n) is 4.00. The second kappa shape index (κ2) is 6.66. The Kier molecular flexibility index (Phi) is 4.42. The molecular formula is C19H17NO4. The van der Waals surface area contributed by atoms with Gasteiger partial charge in [-0.05, 0) is 31.2 Å². The molecule has 1 fully saturated rings. The minimum atomic E-state index is -0.544. The minimum absolute atomic E-state index is 0.107. The van der Waals surface area contributed by atoms with Crippen LogP contribution < -0.4 is 9.64 Å². The van der Waals surface area contributed by atoms with Gasteiger partial charge in [-0.1, -0.05) is 30.3 Å². The van der Waals surface area contributed by atoms with E-state index in [1.54, 1.807) is 29.2 Å². The fraction of sp³-hybridized carbons (Fsp3) is 0.211. The fourth-order valence-corrected chi connectivity index (χ4v) is 2.76. The lowest BCUT2D eigenvalue weighted by Gasteiger charge is -2.16. The largest absolute Gasteiger partial charge is 0.425 e. The molecule has 1 aliphatic rings. The Morgan fingerprint density at radius 1 is 1.04 bits per heavy atom. The van der Waals surface area contributed by atoms with Crippen LogP contribution >= 0.6 is 0 Å². The third kappa shape index (κ3) is 3.20. The van der Waals surface area contributed by atoms with Crippen LogP contribution in [0.25, 0.3) is 0 Å². The smallest absolute Gasteiger partial charge is 0.316 e. The van der Waals surface area contributed by atoms with Gasteiger partial charge in [-0.2, -0.15) is 0 Å². The van der Waals surface area contributed by atoms with E-state index in [1.165, 1.54) is 6.92 Å². The van der Waals surface area contributed by atoms with Crippen molar-refractivity contribution < 1.29 is 19.1 Å². The molecule has 1 atom stereocenters. The standard InChI is InChI=1S/C19H17NO4/c1-13(21)16-9-5-6-10-17(16)24-19(23)14-11-18(22)20(12-14)15-7-3-2-4-8-15/h2-10,14H,11-12H2,1H3/t14-/m0/s1. The van der Waals surface area contributed by atoms with Crippen LogP contribution in [0.5, 0.6) is 5.75 Å². The van der Waals surface area contributed by atoms with E-state index in [0.717, 1.165) is 5.69 Å². The van der Waals surface area contributed by atoms with Crippen molar-refractivity contribution in [1.29, 1.82) is 0 Å². The molecule has 1 saturated heterocycles. The molecule has 24 heavy (non-hydrogen) atoms. The number of benzene rings is 2. The quantitative estimate of drug-likeness (QED) is 0.493. The lowest BCUT2D eigenvalue weighted by Crippen LogP contribution is -2.27. The Balaban J connectivity index is 1.73. The number of para-hydroxylation sites is 2. The average Bonchev–Trinajstić information content (AvgIpc) is 2.98. The summed E-state index contributed by atoms with van der Waals surface area (Å²) in [6, 6.07) is 15.8. The molecule has 0 saturated carbocycles. The van der Waals surface area contributed by atoms with Gasteiger partial charge in [0.25, 0.3) is 0 Å².